The lowest BCUT2D eigenvalue weighted by molar-refractivity contribution is -0.143. The SMILES string of the molecule is O=C(O)C1CCN(Cc2csc(CCc3ccccc3)n2)CC1. The highest BCUT2D eigenvalue weighted by Crippen LogP contribution is 2.20. The van der Waals surface area contributed by atoms with Crippen molar-refractivity contribution >= 4 is 17.3 Å². The van der Waals surface area contributed by atoms with Crippen LogP contribution in [0.3, 0.4) is 0 Å². The third-order valence-corrected chi connectivity index (χ3v) is 5.35. The minimum absolute atomic E-state index is 0.164. The van der Waals surface area contributed by atoms with Gasteiger partial charge < -0.3 is 5.11 Å². The smallest absolute Gasteiger partial charge is 0.306 e. The number of rotatable bonds is 6. The standard InChI is InChI=1S/C18H22N2O2S/c21-18(22)15-8-10-20(11-9-15)12-16-13-23-17(19-16)7-6-14-4-2-1-3-5-14/h1-5,13,15H,6-12H2,(H,21,22). The van der Waals surface area contributed by atoms with Crippen LogP contribution in [-0.4, -0.2) is 34.0 Å². The zero-order valence-corrected chi connectivity index (χ0v) is 14.0. The van der Waals surface area contributed by atoms with Gasteiger partial charge in [0.1, 0.15) is 0 Å². The van der Waals surface area contributed by atoms with E-state index in [0.717, 1.165) is 51.0 Å². The molecule has 0 saturated carbocycles. The maximum absolute atomic E-state index is 11.0. The largest absolute Gasteiger partial charge is 0.481 e. The summed E-state index contributed by atoms with van der Waals surface area (Å²) in [6.45, 7) is 2.55. The second kappa shape index (κ2) is 7.70. The molecule has 23 heavy (non-hydrogen) atoms. The molecule has 3 rings (SSSR count). The van der Waals surface area contributed by atoms with Gasteiger partial charge in [0.05, 0.1) is 16.6 Å². The first kappa shape index (κ1) is 16.1. The van der Waals surface area contributed by atoms with E-state index >= 15 is 0 Å². The molecule has 0 unspecified atom stereocenters. The summed E-state index contributed by atoms with van der Waals surface area (Å²) in [5.74, 6) is -0.815. The van der Waals surface area contributed by atoms with Crippen LogP contribution in [0, 0.1) is 5.92 Å². The average Bonchev–Trinajstić information content (AvgIpc) is 3.02. The van der Waals surface area contributed by atoms with Gasteiger partial charge in [-0.2, -0.15) is 0 Å². The monoisotopic (exact) mass is 330 g/mol. The lowest BCUT2D eigenvalue weighted by atomic mass is 9.97. The summed E-state index contributed by atoms with van der Waals surface area (Å²) in [6, 6.07) is 10.5. The van der Waals surface area contributed by atoms with Crippen molar-refractivity contribution in [2.75, 3.05) is 13.1 Å². The molecule has 5 heteroatoms. The van der Waals surface area contributed by atoms with Gasteiger partial charge in [-0.05, 0) is 37.9 Å². The van der Waals surface area contributed by atoms with Gasteiger partial charge in [-0.25, -0.2) is 4.98 Å². The predicted molar refractivity (Wildman–Crippen MR) is 91.6 cm³/mol. The van der Waals surface area contributed by atoms with E-state index in [-0.39, 0.29) is 5.92 Å². The molecule has 1 N–H and O–H groups in total. The fraction of sp³-hybridized carbons (Fsp3) is 0.444. The van der Waals surface area contributed by atoms with E-state index in [9.17, 15) is 4.79 Å². The molecule has 0 aliphatic carbocycles. The molecule has 0 spiro atoms. The maximum atomic E-state index is 11.0. The average molecular weight is 330 g/mol. The summed E-state index contributed by atoms with van der Waals surface area (Å²) < 4.78 is 0. The van der Waals surface area contributed by atoms with Crippen LogP contribution in [0.25, 0.3) is 0 Å². The Morgan fingerprint density at radius 1 is 1.22 bits per heavy atom. The number of aliphatic carboxylic acids is 1. The number of hydrogen-bond acceptors (Lipinski definition) is 4. The highest BCUT2D eigenvalue weighted by atomic mass is 32.1. The third-order valence-electron chi connectivity index (χ3n) is 4.39. The van der Waals surface area contributed by atoms with Crippen LogP contribution in [0.1, 0.15) is 29.1 Å². The normalized spacial score (nSPS) is 16.5. The quantitative estimate of drug-likeness (QED) is 0.883. The molecule has 122 valence electrons. The van der Waals surface area contributed by atoms with E-state index in [1.165, 1.54) is 10.6 Å². The summed E-state index contributed by atoms with van der Waals surface area (Å²) in [7, 11) is 0. The van der Waals surface area contributed by atoms with Gasteiger partial charge in [0.15, 0.2) is 0 Å². The van der Waals surface area contributed by atoms with Crippen LogP contribution in [0.2, 0.25) is 0 Å². The minimum atomic E-state index is -0.651. The number of aryl methyl sites for hydroxylation is 2. The molecular weight excluding hydrogens is 308 g/mol. The van der Waals surface area contributed by atoms with Gasteiger partial charge in [-0.15, -0.1) is 11.3 Å². The van der Waals surface area contributed by atoms with E-state index in [1.807, 2.05) is 6.07 Å². The zero-order chi connectivity index (χ0) is 16.1. The van der Waals surface area contributed by atoms with E-state index < -0.39 is 5.97 Å². The van der Waals surface area contributed by atoms with Crippen LogP contribution >= 0.6 is 11.3 Å². The summed E-state index contributed by atoms with van der Waals surface area (Å²) >= 11 is 1.73. The lowest BCUT2D eigenvalue weighted by Gasteiger charge is -2.29. The Morgan fingerprint density at radius 2 is 1.96 bits per heavy atom. The topological polar surface area (TPSA) is 53.4 Å². The number of likely N-dealkylation sites (tertiary alicyclic amines) is 1. The van der Waals surface area contributed by atoms with Gasteiger partial charge in [0.25, 0.3) is 0 Å². The van der Waals surface area contributed by atoms with Crippen LogP contribution in [-0.2, 0) is 24.2 Å². The first-order valence-corrected chi connectivity index (χ1v) is 9.01. The fourth-order valence-electron chi connectivity index (χ4n) is 3.00. The van der Waals surface area contributed by atoms with Crippen molar-refractivity contribution in [3.8, 4) is 0 Å². The van der Waals surface area contributed by atoms with E-state index in [2.05, 4.69) is 34.5 Å². The number of hydrogen-bond donors (Lipinski definition) is 1. The summed E-state index contributed by atoms with van der Waals surface area (Å²) in [5, 5.41) is 12.4. The summed E-state index contributed by atoms with van der Waals surface area (Å²) in [6.07, 6.45) is 3.51. The zero-order valence-electron chi connectivity index (χ0n) is 13.1. The summed E-state index contributed by atoms with van der Waals surface area (Å²) in [4.78, 5) is 18.0. The Morgan fingerprint density at radius 3 is 2.65 bits per heavy atom. The number of benzene rings is 1. The van der Waals surface area contributed by atoms with E-state index in [4.69, 9.17) is 10.1 Å². The Labute approximate surface area is 140 Å². The molecule has 1 fully saturated rings. The number of carboxylic acid groups (broad SMARTS) is 1. The lowest BCUT2D eigenvalue weighted by Crippen LogP contribution is -2.35. The van der Waals surface area contributed by atoms with Crippen LogP contribution < -0.4 is 0 Å². The van der Waals surface area contributed by atoms with Gasteiger partial charge >= 0.3 is 5.97 Å². The second-order valence-corrected chi connectivity index (χ2v) is 7.05. The molecule has 1 aliphatic rings. The molecule has 1 aromatic carbocycles. The first-order chi connectivity index (χ1) is 11.2. The van der Waals surface area contributed by atoms with Gasteiger partial charge in [0, 0.05) is 18.3 Å². The number of piperidine rings is 1. The molecule has 1 aromatic heterocycles. The van der Waals surface area contributed by atoms with Crippen molar-refractivity contribution in [2.24, 2.45) is 5.92 Å². The van der Waals surface area contributed by atoms with Crippen molar-refractivity contribution in [2.45, 2.75) is 32.2 Å². The van der Waals surface area contributed by atoms with Gasteiger partial charge in [0.2, 0.25) is 0 Å². The van der Waals surface area contributed by atoms with Crippen LogP contribution in [0.5, 0.6) is 0 Å². The van der Waals surface area contributed by atoms with Gasteiger partial charge in [-0.3, -0.25) is 9.69 Å². The van der Waals surface area contributed by atoms with E-state index in [1.54, 1.807) is 11.3 Å². The van der Waals surface area contributed by atoms with Crippen molar-refractivity contribution in [3.05, 3.63) is 52.0 Å². The number of thiazole rings is 1. The number of carboxylic acids is 1. The minimum Gasteiger partial charge on any atom is -0.481 e. The molecule has 4 nitrogen and oxygen atoms in total. The summed E-state index contributed by atoms with van der Waals surface area (Å²) in [5.41, 5.74) is 2.46. The first-order valence-electron chi connectivity index (χ1n) is 8.13. The van der Waals surface area contributed by atoms with Crippen LogP contribution in [0.15, 0.2) is 35.7 Å². The molecule has 2 aromatic rings. The highest BCUT2D eigenvalue weighted by molar-refractivity contribution is 7.09. The molecule has 1 saturated heterocycles. The third kappa shape index (κ3) is 4.62. The van der Waals surface area contributed by atoms with Crippen molar-refractivity contribution < 1.29 is 9.90 Å². The maximum Gasteiger partial charge on any atom is 0.306 e. The number of nitrogens with zero attached hydrogens (tertiary/aromatic N) is 2. The van der Waals surface area contributed by atoms with Crippen LogP contribution in [0.4, 0.5) is 0 Å². The fourth-order valence-corrected chi connectivity index (χ4v) is 3.79. The van der Waals surface area contributed by atoms with Crippen molar-refractivity contribution in [1.29, 1.82) is 0 Å². The Balaban J connectivity index is 1.47. The number of aromatic nitrogens is 1. The number of carbonyl (C=O) groups is 1. The molecule has 0 radical (unpaired) electrons. The second-order valence-electron chi connectivity index (χ2n) is 6.11. The molecule has 2 heterocycles. The predicted octanol–water partition coefficient (Wildman–Crippen LogP) is 3.22. The Hall–Kier alpha value is -1.72. The molecular formula is C18H22N2O2S. The van der Waals surface area contributed by atoms with Crippen molar-refractivity contribution in [3.63, 3.8) is 0 Å². The Kier molecular flexibility index (Phi) is 5.41. The van der Waals surface area contributed by atoms with Gasteiger partial charge in [-0.1, -0.05) is 30.3 Å². The molecule has 1 aliphatic heterocycles. The molecule has 0 atom stereocenters. The highest BCUT2D eigenvalue weighted by Gasteiger charge is 2.24. The molecule has 0 amide bonds. The van der Waals surface area contributed by atoms with Crippen molar-refractivity contribution in [1.82, 2.24) is 9.88 Å². The van der Waals surface area contributed by atoms with E-state index in [0.29, 0.717) is 0 Å². The molecule has 0 bridgehead atoms. The Bertz CT molecular complexity index is 633.